The molecule has 1 saturated carbocycles. The number of halogens is 3. The van der Waals surface area contributed by atoms with Gasteiger partial charge in [-0.3, -0.25) is 24.6 Å². The van der Waals surface area contributed by atoms with Gasteiger partial charge in [-0.15, -0.1) is 0 Å². The van der Waals surface area contributed by atoms with Gasteiger partial charge in [0.05, 0.1) is 42.4 Å². The molecule has 3 aromatic heterocycles. The number of hydrogen-bond acceptors (Lipinski definition) is 15. The number of carbonyl (C=O) groups is 1. The minimum atomic E-state index is -4.29. The van der Waals surface area contributed by atoms with E-state index >= 15 is 0 Å². The molecule has 3 aliphatic rings. The lowest BCUT2D eigenvalue weighted by Crippen LogP contribution is -2.46. The van der Waals surface area contributed by atoms with E-state index in [1.54, 1.807) is 48.8 Å². The molecule has 6 N–H and O–H groups in total. The average molecular weight is 1180 g/mol. The van der Waals surface area contributed by atoms with Gasteiger partial charge in [-0.05, 0) is 78.6 Å². The molecule has 1 aliphatic carbocycles. The number of ether oxygens (including phenoxy) is 1. The number of nitrogens with one attached hydrogen (secondary N) is 4. The number of nitrogens with zero attached hydrogens (tertiary/aromatic N) is 8. The monoisotopic (exact) mass is 1180 g/mol. The molecule has 8 aromatic rings. The van der Waals surface area contributed by atoms with E-state index in [-0.39, 0.29) is 35.5 Å². The fraction of sp³-hybridized carbons (Fsp3) is 0.381. The standard InChI is InChI=1S/C63H71F3N12O6S/c1-75(2)55-15-7-14-49-48(55)13-8-16-56(49)85(82,83)74-45-12-6-11-44(35-45)51-37-69-61(72-57(51)54-36-50(58(71-54)60(80)81)42-9-4-3-5-10-42)68-27-33-84-34-32-76-28-30-77(31-29-76)39-41-17-19-43(20-18-41)53-40-78(46-21-23-47(79)24-22-46)59-52(53)38-70-62(73-59)67-26-25-63(64,65)66/h3-20,35,37-38,40,46-47,50,54,58,71,74,79H,21-34,36,39H2,1-2H3,(H,80,81)(H,67,70,73)(H,68,69,72). The van der Waals surface area contributed by atoms with Gasteiger partial charge in [-0.2, -0.15) is 18.2 Å². The average Bonchev–Trinajstić information content (AvgIpc) is 2.72. The van der Waals surface area contributed by atoms with Gasteiger partial charge in [0.15, 0.2) is 0 Å². The van der Waals surface area contributed by atoms with E-state index in [0.29, 0.717) is 78.5 Å². The molecule has 18 nitrogen and oxygen atoms in total. The Morgan fingerprint density at radius 3 is 2.22 bits per heavy atom. The molecule has 3 unspecified atom stereocenters. The van der Waals surface area contributed by atoms with Crippen LogP contribution in [0.4, 0.5) is 36.4 Å². The summed E-state index contributed by atoms with van der Waals surface area (Å²) in [6, 6.07) is 34.7. The summed E-state index contributed by atoms with van der Waals surface area (Å²) < 4.78 is 78.0. The summed E-state index contributed by atoms with van der Waals surface area (Å²) in [5.74, 6) is -0.803. The van der Waals surface area contributed by atoms with Gasteiger partial charge in [0.2, 0.25) is 11.9 Å². The summed E-state index contributed by atoms with van der Waals surface area (Å²) in [5.41, 5.74) is 7.79. The molecule has 2 aliphatic heterocycles. The number of carboxylic acids is 1. The molecule has 85 heavy (non-hydrogen) atoms. The lowest BCUT2D eigenvalue weighted by Gasteiger charge is -2.34. The molecule has 3 atom stereocenters. The number of carboxylic acid groups (broad SMARTS) is 1. The summed E-state index contributed by atoms with van der Waals surface area (Å²) in [5, 5.41) is 32.3. The van der Waals surface area contributed by atoms with Gasteiger partial charge in [-0.25, -0.2) is 23.4 Å². The van der Waals surface area contributed by atoms with Crippen LogP contribution >= 0.6 is 0 Å². The number of aliphatic hydroxyl groups excluding tert-OH is 1. The van der Waals surface area contributed by atoms with Gasteiger partial charge >= 0.3 is 12.1 Å². The van der Waals surface area contributed by atoms with Gasteiger partial charge in [0.1, 0.15) is 11.7 Å². The van der Waals surface area contributed by atoms with E-state index in [1.807, 2.05) is 73.6 Å². The Kier molecular flexibility index (Phi) is 18.0. The van der Waals surface area contributed by atoms with Crippen LogP contribution in [0.3, 0.4) is 0 Å². The number of rotatable bonds is 22. The van der Waals surface area contributed by atoms with Crippen molar-refractivity contribution in [3.8, 4) is 22.3 Å². The van der Waals surface area contributed by atoms with Gasteiger partial charge in [-0.1, -0.05) is 91.0 Å². The fourth-order valence-corrected chi connectivity index (χ4v) is 13.4. The SMILES string of the molecule is CN(C)c1cccc2c(S(=O)(=O)Nc3cccc(-c4cnc(NCCOCCN5CCN(Cc6ccc(-c7cn(C8CCC(O)CC8)c8nc(NCCC(F)(F)F)ncc78)cc6)CC5)nc4C4CC(c5ccccc5)C(C(=O)O)N4)c3)cccc12. The molecule has 5 aromatic carbocycles. The zero-order chi connectivity index (χ0) is 59.2. The normalized spacial score (nSPS) is 19.8. The molecule has 0 radical (unpaired) electrons. The second-order valence-corrected chi connectivity index (χ2v) is 24.1. The Labute approximate surface area is 492 Å². The summed E-state index contributed by atoms with van der Waals surface area (Å²) in [7, 11) is -0.217. The van der Waals surface area contributed by atoms with E-state index in [0.717, 1.165) is 85.3 Å². The predicted octanol–water partition coefficient (Wildman–Crippen LogP) is 9.93. The van der Waals surface area contributed by atoms with Crippen molar-refractivity contribution in [1.82, 2.24) is 39.6 Å². The van der Waals surface area contributed by atoms with Crippen molar-refractivity contribution >= 4 is 61.1 Å². The Bertz CT molecular complexity index is 3730. The first kappa shape index (κ1) is 59.0. The number of benzene rings is 5. The van der Waals surface area contributed by atoms with Crippen molar-refractivity contribution in [2.75, 3.05) is 93.4 Å². The molecular formula is C63H71F3N12O6S. The maximum absolute atomic E-state index is 14.1. The van der Waals surface area contributed by atoms with E-state index in [1.165, 1.54) is 5.56 Å². The van der Waals surface area contributed by atoms with E-state index in [4.69, 9.17) is 19.7 Å². The lowest BCUT2D eigenvalue weighted by atomic mass is 9.89. The molecular weight excluding hydrogens is 1110 g/mol. The van der Waals surface area contributed by atoms with E-state index in [2.05, 4.69) is 70.5 Å². The maximum atomic E-state index is 14.1. The minimum Gasteiger partial charge on any atom is -0.480 e. The second-order valence-electron chi connectivity index (χ2n) is 22.5. The second kappa shape index (κ2) is 25.9. The number of aliphatic hydroxyl groups is 1. The van der Waals surface area contributed by atoms with Crippen LogP contribution in [0.5, 0.6) is 0 Å². The smallest absolute Gasteiger partial charge is 0.390 e. The Morgan fingerprint density at radius 2 is 1.47 bits per heavy atom. The summed E-state index contributed by atoms with van der Waals surface area (Å²) in [4.78, 5) is 38.5. The maximum Gasteiger partial charge on any atom is 0.390 e. The van der Waals surface area contributed by atoms with Crippen molar-refractivity contribution in [2.24, 2.45) is 0 Å². The minimum absolute atomic E-state index is 0.104. The Morgan fingerprint density at radius 1 is 0.765 bits per heavy atom. The summed E-state index contributed by atoms with van der Waals surface area (Å²) >= 11 is 0. The van der Waals surface area contributed by atoms with Crippen LogP contribution in [0.15, 0.2) is 139 Å². The predicted molar refractivity (Wildman–Crippen MR) is 324 cm³/mol. The number of aromatic nitrogens is 5. The van der Waals surface area contributed by atoms with Gasteiger partial charge in [0, 0.05) is 136 Å². The quantitative estimate of drug-likeness (QED) is 0.0348. The number of hydrogen-bond donors (Lipinski definition) is 6. The van der Waals surface area contributed by atoms with Crippen molar-refractivity contribution < 1.29 is 41.3 Å². The van der Waals surface area contributed by atoms with E-state index < -0.39 is 40.7 Å². The van der Waals surface area contributed by atoms with Crippen molar-refractivity contribution in [3.05, 3.63) is 151 Å². The molecule has 3 fully saturated rings. The van der Waals surface area contributed by atoms with Crippen LogP contribution in [0.1, 0.15) is 73.3 Å². The fourth-order valence-electron chi connectivity index (χ4n) is 12.1. The Hall–Kier alpha value is -7.73. The highest BCUT2D eigenvalue weighted by Gasteiger charge is 2.41. The van der Waals surface area contributed by atoms with Crippen molar-refractivity contribution in [1.29, 1.82) is 0 Å². The van der Waals surface area contributed by atoms with Crippen LogP contribution in [-0.2, 0) is 26.1 Å². The molecule has 11 rings (SSSR count). The third-order valence-electron chi connectivity index (χ3n) is 16.5. The first-order chi connectivity index (χ1) is 41.0. The van der Waals surface area contributed by atoms with Crippen LogP contribution < -0.4 is 25.6 Å². The first-order valence-electron chi connectivity index (χ1n) is 29.0. The highest BCUT2D eigenvalue weighted by molar-refractivity contribution is 7.93. The number of alkyl halides is 3. The van der Waals surface area contributed by atoms with Crippen LogP contribution in [0, 0.1) is 0 Å². The molecule has 5 heterocycles. The molecule has 2 saturated heterocycles. The van der Waals surface area contributed by atoms with E-state index in [9.17, 15) is 36.6 Å². The van der Waals surface area contributed by atoms with Crippen molar-refractivity contribution in [3.63, 3.8) is 0 Å². The highest BCUT2D eigenvalue weighted by Crippen LogP contribution is 2.42. The lowest BCUT2D eigenvalue weighted by molar-refractivity contribution is -0.139. The van der Waals surface area contributed by atoms with Crippen LogP contribution in [0.25, 0.3) is 44.1 Å². The van der Waals surface area contributed by atoms with Gasteiger partial charge in [0.25, 0.3) is 10.0 Å². The molecule has 446 valence electrons. The highest BCUT2D eigenvalue weighted by atomic mass is 32.2. The largest absolute Gasteiger partial charge is 0.480 e. The van der Waals surface area contributed by atoms with Crippen molar-refractivity contribution in [2.45, 2.75) is 86.3 Å². The first-order valence-corrected chi connectivity index (χ1v) is 30.5. The number of anilines is 4. The number of fused-ring (bicyclic) bond motifs is 2. The number of sulfonamides is 1. The number of piperazine rings is 1. The summed E-state index contributed by atoms with van der Waals surface area (Å²) in [6.45, 7) is 6.20. The number of aliphatic carboxylic acids is 1. The Balaban J connectivity index is 0.696. The molecule has 22 heteroatoms. The van der Waals surface area contributed by atoms with Gasteiger partial charge < -0.3 is 35.1 Å². The molecule has 0 amide bonds. The molecule has 0 bridgehead atoms. The zero-order valence-corrected chi connectivity index (χ0v) is 48.4. The van der Waals surface area contributed by atoms with Crippen LogP contribution in [-0.4, -0.2) is 150 Å². The zero-order valence-electron chi connectivity index (χ0n) is 47.5. The third kappa shape index (κ3) is 14.0. The molecule has 0 spiro atoms. The topological polar surface area (TPSA) is 215 Å². The summed E-state index contributed by atoms with van der Waals surface area (Å²) in [6.07, 6.45) is 3.20. The van der Waals surface area contributed by atoms with Crippen LogP contribution in [0.2, 0.25) is 0 Å². The third-order valence-corrected chi connectivity index (χ3v) is 18.0.